The molecule has 0 radical (unpaired) electrons. The fourth-order valence-electron chi connectivity index (χ4n) is 1.44. The molecular weight excluding hydrogens is 181 g/mol. The first kappa shape index (κ1) is 9.12. The maximum atomic E-state index is 13.4. The van der Waals surface area contributed by atoms with Gasteiger partial charge in [0.2, 0.25) is 0 Å². The van der Waals surface area contributed by atoms with Crippen molar-refractivity contribution >= 4 is 11.0 Å². The van der Waals surface area contributed by atoms with E-state index in [0.29, 0.717) is 11.0 Å². The van der Waals surface area contributed by atoms with Gasteiger partial charge >= 0.3 is 0 Å². The molecule has 2 aromatic rings. The van der Waals surface area contributed by atoms with Gasteiger partial charge in [-0.25, -0.2) is 14.4 Å². The molecule has 3 nitrogen and oxygen atoms in total. The zero-order valence-corrected chi connectivity index (χ0v) is 8.45. The minimum absolute atomic E-state index is 0.170. The van der Waals surface area contributed by atoms with E-state index in [0.717, 1.165) is 0 Å². The van der Waals surface area contributed by atoms with Gasteiger partial charge in [0.05, 0.1) is 5.39 Å². The van der Waals surface area contributed by atoms with Crippen LogP contribution >= 0.6 is 0 Å². The average Bonchev–Trinajstić information content (AvgIpc) is 2.44. The minimum atomic E-state index is -0.268. The van der Waals surface area contributed by atoms with Crippen molar-refractivity contribution in [2.24, 2.45) is 0 Å². The average molecular weight is 193 g/mol. The van der Waals surface area contributed by atoms with Crippen LogP contribution in [-0.2, 0) is 5.54 Å². The molecule has 0 spiro atoms. The Hall–Kier alpha value is -1.45. The lowest BCUT2D eigenvalue weighted by molar-refractivity contribution is 0.404. The molecule has 0 bridgehead atoms. The van der Waals surface area contributed by atoms with Gasteiger partial charge in [-0.1, -0.05) is 0 Å². The van der Waals surface area contributed by atoms with Gasteiger partial charge in [-0.15, -0.1) is 0 Å². The Bertz CT molecular complexity index is 468. The van der Waals surface area contributed by atoms with E-state index in [1.54, 1.807) is 0 Å². The van der Waals surface area contributed by atoms with Crippen LogP contribution in [0.2, 0.25) is 0 Å². The van der Waals surface area contributed by atoms with Crippen LogP contribution in [0.4, 0.5) is 4.39 Å². The Morgan fingerprint density at radius 2 is 2.07 bits per heavy atom. The third-order valence-electron chi connectivity index (χ3n) is 2.14. The van der Waals surface area contributed by atoms with Crippen molar-refractivity contribution in [3.63, 3.8) is 0 Å². The third kappa shape index (κ3) is 1.27. The summed E-state index contributed by atoms with van der Waals surface area (Å²) in [6, 6.07) is 0. The first-order valence-corrected chi connectivity index (χ1v) is 4.47. The molecule has 0 aliphatic carbocycles. The second-order valence-corrected chi connectivity index (χ2v) is 4.28. The highest BCUT2D eigenvalue weighted by Gasteiger charge is 2.18. The van der Waals surface area contributed by atoms with Crippen LogP contribution in [0.25, 0.3) is 11.0 Å². The molecule has 14 heavy (non-hydrogen) atoms. The summed E-state index contributed by atoms with van der Waals surface area (Å²) in [4.78, 5) is 7.88. The van der Waals surface area contributed by atoms with Gasteiger partial charge in [0.1, 0.15) is 12.0 Å². The molecule has 0 amide bonds. The highest BCUT2D eigenvalue weighted by atomic mass is 19.1. The third-order valence-corrected chi connectivity index (χ3v) is 2.14. The SMILES string of the molecule is CC(C)(C)n1cc(F)c2cncnc21. The lowest BCUT2D eigenvalue weighted by Crippen LogP contribution is -2.20. The van der Waals surface area contributed by atoms with Crippen molar-refractivity contribution in [3.8, 4) is 0 Å². The normalized spacial score (nSPS) is 12.3. The van der Waals surface area contributed by atoms with Gasteiger partial charge in [-0.3, -0.25) is 0 Å². The molecular formula is C10H12FN3. The van der Waals surface area contributed by atoms with Gasteiger partial charge in [-0.2, -0.15) is 0 Å². The Morgan fingerprint density at radius 1 is 1.36 bits per heavy atom. The molecule has 2 aromatic heterocycles. The number of nitrogens with zero attached hydrogens (tertiary/aromatic N) is 3. The standard InChI is InChI=1S/C10H12FN3/c1-10(2,3)14-5-8(11)7-4-12-6-13-9(7)14/h4-6H,1-3H3. The van der Waals surface area contributed by atoms with Crippen LogP contribution < -0.4 is 0 Å². The van der Waals surface area contributed by atoms with E-state index in [4.69, 9.17) is 0 Å². The van der Waals surface area contributed by atoms with E-state index in [9.17, 15) is 4.39 Å². The molecule has 0 saturated heterocycles. The molecule has 0 aliphatic rings. The molecule has 0 atom stereocenters. The van der Waals surface area contributed by atoms with Gasteiger partial charge in [0, 0.05) is 17.9 Å². The van der Waals surface area contributed by atoms with Crippen molar-refractivity contribution in [2.45, 2.75) is 26.3 Å². The second-order valence-electron chi connectivity index (χ2n) is 4.28. The lowest BCUT2D eigenvalue weighted by atomic mass is 10.1. The van der Waals surface area contributed by atoms with Gasteiger partial charge in [0.15, 0.2) is 5.82 Å². The van der Waals surface area contributed by atoms with E-state index in [2.05, 4.69) is 9.97 Å². The first-order valence-electron chi connectivity index (χ1n) is 4.47. The smallest absolute Gasteiger partial charge is 0.151 e. The quantitative estimate of drug-likeness (QED) is 0.642. The van der Waals surface area contributed by atoms with Crippen molar-refractivity contribution in [2.75, 3.05) is 0 Å². The van der Waals surface area contributed by atoms with Crippen molar-refractivity contribution in [1.82, 2.24) is 14.5 Å². The Balaban J connectivity index is 2.80. The van der Waals surface area contributed by atoms with Crippen LogP contribution in [0.5, 0.6) is 0 Å². The number of hydrogen-bond donors (Lipinski definition) is 0. The molecule has 2 rings (SSSR count). The highest BCUT2D eigenvalue weighted by molar-refractivity contribution is 5.75. The fraction of sp³-hybridized carbons (Fsp3) is 0.400. The van der Waals surface area contributed by atoms with E-state index >= 15 is 0 Å². The number of hydrogen-bond acceptors (Lipinski definition) is 2. The molecule has 0 N–H and O–H groups in total. The summed E-state index contributed by atoms with van der Waals surface area (Å²) in [6.07, 6.45) is 4.41. The van der Waals surface area contributed by atoms with E-state index in [1.165, 1.54) is 18.7 Å². The first-order chi connectivity index (χ1) is 6.50. The van der Waals surface area contributed by atoms with E-state index in [1.807, 2.05) is 25.3 Å². The summed E-state index contributed by atoms with van der Waals surface area (Å²) in [5.74, 6) is -0.268. The largest absolute Gasteiger partial charge is 0.324 e. The van der Waals surface area contributed by atoms with Gasteiger partial charge in [-0.05, 0) is 20.8 Å². The topological polar surface area (TPSA) is 30.7 Å². The molecule has 0 aliphatic heterocycles. The molecule has 0 saturated carbocycles. The number of aromatic nitrogens is 3. The van der Waals surface area contributed by atoms with E-state index < -0.39 is 0 Å². The predicted octanol–water partition coefficient (Wildman–Crippen LogP) is 2.33. The Morgan fingerprint density at radius 3 is 2.71 bits per heavy atom. The lowest BCUT2D eigenvalue weighted by Gasteiger charge is -2.21. The van der Waals surface area contributed by atoms with Gasteiger partial charge in [0.25, 0.3) is 0 Å². The minimum Gasteiger partial charge on any atom is -0.324 e. The summed E-state index contributed by atoms with van der Waals surface area (Å²) in [5, 5.41) is 0.474. The van der Waals surface area contributed by atoms with Crippen LogP contribution in [0.3, 0.4) is 0 Å². The Kier molecular flexibility index (Phi) is 1.80. The summed E-state index contributed by atoms with van der Waals surface area (Å²) in [5.41, 5.74) is 0.474. The maximum Gasteiger partial charge on any atom is 0.151 e. The maximum absolute atomic E-state index is 13.4. The predicted molar refractivity (Wildman–Crippen MR) is 52.5 cm³/mol. The molecule has 74 valence electrons. The van der Waals surface area contributed by atoms with Crippen LogP contribution in [-0.4, -0.2) is 14.5 Å². The van der Waals surface area contributed by atoms with Crippen LogP contribution in [0.1, 0.15) is 20.8 Å². The van der Waals surface area contributed by atoms with Crippen LogP contribution in [0.15, 0.2) is 18.7 Å². The number of fused-ring (bicyclic) bond motifs is 1. The van der Waals surface area contributed by atoms with Crippen molar-refractivity contribution < 1.29 is 4.39 Å². The highest BCUT2D eigenvalue weighted by Crippen LogP contribution is 2.23. The fourth-order valence-corrected chi connectivity index (χ4v) is 1.44. The zero-order chi connectivity index (χ0) is 10.3. The molecule has 2 heterocycles. The molecule has 0 unspecified atom stereocenters. The zero-order valence-electron chi connectivity index (χ0n) is 8.45. The summed E-state index contributed by atoms with van der Waals surface area (Å²) in [7, 11) is 0. The van der Waals surface area contributed by atoms with E-state index in [-0.39, 0.29) is 11.4 Å². The number of halogens is 1. The van der Waals surface area contributed by atoms with Crippen molar-refractivity contribution in [1.29, 1.82) is 0 Å². The van der Waals surface area contributed by atoms with Gasteiger partial charge < -0.3 is 4.57 Å². The van der Waals surface area contributed by atoms with Crippen molar-refractivity contribution in [3.05, 3.63) is 24.5 Å². The van der Waals surface area contributed by atoms with Crippen LogP contribution in [0, 0.1) is 5.82 Å². The molecule has 0 fully saturated rings. The number of rotatable bonds is 0. The summed E-state index contributed by atoms with van der Waals surface area (Å²) < 4.78 is 15.3. The second kappa shape index (κ2) is 2.77. The molecule has 0 aromatic carbocycles. The molecule has 4 heteroatoms. The summed E-state index contributed by atoms with van der Waals surface area (Å²) in [6.45, 7) is 6.02. The monoisotopic (exact) mass is 193 g/mol. The Labute approximate surface area is 81.6 Å². The summed E-state index contributed by atoms with van der Waals surface area (Å²) >= 11 is 0.